The van der Waals surface area contributed by atoms with Crippen molar-refractivity contribution in [1.29, 1.82) is 0 Å². The zero-order chi connectivity index (χ0) is 29.6. The van der Waals surface area contributed by atoms with Gasteiger partial charge >= 0.3 is 0 Å². The maximum atomic E-state index is 13.8. The highest BCUT2D eigenvalue weighted by molar-refractivity contribution is 5.98. The number of hydrogen-bond acceptors (Lipinski definition) is 7. The quantitative estimate of drug-likeness (QED) is 0.308. The Morgan fingerprint density at radius 3 is 2.38 bits per heavy atom. The molecular formula is C31H34FN5O5. The van der Waals surface area contributed by atoms with Crippen LogP contribution in [0.2, 0.25) is 0 Å². The van der Waals surface area contributed by atoms with Crippen LogP contribution >= 0.6 is 0 Å². The Balaban J connectivity index is 1.46. The van der Waals surface area contributed by atoms with Gasteiger partial charge in [-0.3, -0.25) is 24.6 Å². The summed E-state index contributed by atoms with van der Waals surface area (Å²) in [7, 11) is 1.61. The fourth-order valence-corrected chi connectivity index (χ4v) is 5.67. The second-order valence-electron chi connectivity index (χ2n) is 10.6. The van der Waals surface area contributed by atoms with Gasteiger partial charge in [0.25, 0.3) is 11.6 Å². The molecule has 2 unspecified atom stereocenters. The van der Waals surface area contributed by atoms with Crippen LogP contribution in [-0.2, 0) is 17.9 Å². The number of nitrogens with one attached hydrogen (secondary N) is 1. The second kappa shape index (κ2) is 13.1. The van der Waals surface area contributed by atoms with Gasteiger partial charge in [0.2, 0.25) is 5.91 Å². The van der Waals surface area contributed by atoms with Crippen molar-refractivity contribution in [1.82, 2.24) is 20.0 Å². The zero-order valence-electron chi connectivity index (χ0n) is 23.4. The van der Waals surface area contributed by atoms with Crippen molar-refractivity contribution in [3.8, 4) is 5.75 Å². The molecule has 3 aromatic rings. The minimum absolute atomic E-state index is 0.0108. The van der Waals surface area contributed by atoms with E-state index >= 15 is 0 Å². The van der Waals surface area contributed by atoms with E-state index in [0.717, 1.165) is 11.1 Å². The van der Waals surface area contributed by atoms with Gasteiger partial charge in [-0.05, 0) is 53.9 Å². The van der Waals surface area contributed by atoms with Crippen LogP contribution in [0.15, 0.2) is 72.8 Å². The van der Waals surface area contributed by atoms with Crippen LogP contribution in [0.3, 0.4) is 0 Å². The summed E-state index contributed by atoms with van der Waals surface area (Å²) < 4.78 is 19.1. The molecule has 1 N–H and O–H groups in total. The van der Waals surface area contributed by atoms with E-state index in [1.807, 2.05) is 24.3 Å². The third-order valence-electron chi connectivity index (χ3n) is 7.91. The molecule has 0 spiro atoms. The van der Waals surface area contributed by atoms with E-state index < -0.39 is 16.8 Å². The Bertz CT molecular complexity index is 1410. The Kier molecular flexibility index (Phi) is 9.09. The summed E-state index contributed by atoms with van der Waals surface area (Å²) >= 11 is 0. The molecule has 5 rings (SSSR count). The Labute approximate surface area is 243 Å². The third kappa shape index (κ3) is 6.75. The van der Waals surface area contributed by atoms with Crippen LogP contribution in [-0.4, -0.2) is 83.4 Å². The van der Waals surface area contributed by atoms with Crippen molar-refractivity contribution in [2.24, 2.45) is 0 Å². The van der Waals surface area contributed by atoms with Gasteiger partial charge in [0, 0.05) is 69.6 Å². The Hall–Kier alpha value is -4.35. The monoisotopic (exact) mass is 575 g/mol. The molecule has 2 heterocycles. The van der Waals surface area contributed by atoms with Crippen LogP contribution in [0, 0.1) is 15.9 Å². The molecule has 0 aliphatic carbocycles. The highest BCUT2D eigenvalue weighted by Gasteiger charge is 2.43. The number of rotatable bonds is 9. The van der Waals surface area contributed by atoms with Crippen LogP contribution in [0.1, 0.15) is 27.9 Å². The molecule has 42 heavy (non-hydrogen) atoms. The molecule has 0 bridgehead atoms. The predicted molar refractivity (Wildman–Crippen MR) is 154 cm³/mol. The first-order valence-corrected chi connectivity index (χ1v) is 14.0. The van der Waals surface area contributed by atoms with Crippen molar-refractivity contribution in [3.05, 3.63) is 105 Å². The SMILES string of the molecule is COc1cccc(CN(Cc2ccc([N+](=O)[O-])cc2)C2CC(C(=O)N3CCNCC3)N(C(=O)c3ccc(F)cc3)C2)c1. The Morgan fingerprint density at radius 2 is 1.71 bits per heavy atom. The molecule has 10 nitrogen and oxygen atoms in total. The van der Waals surface area contributed by atoms with E-state index in [1.54, 1.807) is 29.0 Å². The molecule has 0 saturated carbocycles. The summed E-state index contributed by atoms with van der Waals surface area (Å²) in [6.45, 7) is 3.77. The maximum Gasteiger partial charge on any atom is 0.269 e. The van der Waals surface area contributed by atoms with Gasteiger partial charge in [-0.1, -0.05) is 24.3 Å². The van der Waals surface area contributed by atoms with Crippen LogP contribution in [0.4, 0.5) is 10.1 Å². The Morgan fingerprint density at radius 1 is 1.02 bits per heavy atom. The number of amides is 2. The molecule has 0 aromatic heterocycles. The predicted octanol–water partition coefficient (Wildman–Crippen LogP) is 3.46. The van der Waals surface area contributed by atoms with E-state index in [2.05, 4.69) is 10.2 Å². The molecule has 2 atom stereocenters. The average molecular weight is 576 g/mol. The summed E-state index contributed by atoms with van der Waals surface area (Å²) in [4.78, 5) is 44.0. The minimum atomic E-state index is -0.671. The summed E-state index contributed by atoms with van der Waals surface area (Å²) in [6, 6.07) is 18.7. The normalized spacial score (nSPS) is 18.7. The highest BCUT2D eigenvalue weighted by Crippen LogP contribution is 2.29. The molecule has 220 valence electrons. The number of non-ortho nitro benzene ring substituents is 1. The number of methoxy groups -OCH3 is 1. The molecule has 2 saturated heterocycles. The lowest BCUT2D eigenvalue weighted by Crippen LogP contribution is -2.53. The molecule has 2 aliphatic rings. The van der Waals surface area contributed by atoms with Gasteiger partial charge in [-0.2, -0.15) is 0 Å². The summed E-state index contributed by atoms with van der Waals surface area (Å²) in [6.07, 6.45) is 0.423. The summed E-state index contributed by atoms with van der Waals surface area (Å²) in [5, 5.41) is 14.5. The summed E-state index contributed by atoms with van der Waals surface area (Å²) in [5.74, 6) is -0.130. The van der Waals surface area contributed by atoms with Gasteiger partial charge in [0.1, 0.15) is 17.6 Å². The molecule has 2 amide bonds. The zero-order valence-corrected chi connectivity index (χ0v) is 23.4. The smallest absolute Gasteiger partial charge is 0.269 e. The van der Waals surface area contributed by atoms with Gasteiger partial charge in [-0.15, -0.1) is 0 Å². The number of piperazine rings is 1. The lowest BCUT2D eigenvalue weighted by Gasteiger charge is -2.32. The van der Waals surface area contributed by atoms with Gasteiger partial charge in [0.05, 0.1) is 12.0 Å². The first-order chi connectivity index (χ1) is 20.3. The van der Waals surface area contributed by atoms with Gasteiger partial charge < -0.3 is 19.9 Å². The molecule has 2 aliphatic heterocycles. The fraction of sp³-hybridized carbons (Fsp3) is 0.355. The van der Waals surface area contributed by atoms with Crippen LogP contribution in [0.5, 0.6) is 5.75 Å². The van der Waals surface area contributed by atoms with Crippen LogP contribution in [0.25, 0.3) is 0 Å². The van der Waals surface area contributed by atoms with Gasteiger partial charge in [0.15, 0.2) is 0 Å². The molecule has 0 radical (unpaired) electrons. The molecule has 11 heteroatoms. The van der Waals surface area contributed by atoms with E-state index in [0.29, 0.717) is 63.5 Å². The first-order valence-electron chi connectivity index (χ1n) is 14.0. The van der Waals surface area contributed by atoms with Crippen molar-refractivity contribution in [2.75, 3.05) is 39.8 Å². The standard InChI is InChI=1S/C31H34FN5O5/c1-42-28-4-2-3-23(17-28)20-35(19-22-5-11-26(12-6-22)37(40)41)27-18-29(31(39)34-15-13-33-14-16-34)36(21-27)30(38)24-7-9-25(32)10-8-24/h2-12,17,27,29,33H,13-16,18-21H2,1H3. The molecular weight excluding hydrogens is 541 g/mol. The van der Waals surface area contributed by atoms with Crippen molar-refractivity contribution >= 4 is 17.5 Å². The highest BCUT2D eigenvalue weighted by atomic mass is 19.1. The number of halogens is 1. The van der Waals surface area contributed by atoms with Gasteiger partial charge in [-0.25, -0.2) is 4.39 Å². The number of hydrogen-bond donors (Lipinski definition) is 1. The van der Waals surface area contributed by atoms with Crippen LogP contribution < -0.4 is 10.1 Å². The number of nitro benzene ring substituents is 1. The molecule has 2 fully saturated rings. The number of carbonyl (C=O) groups excluding carboxylic acids is 2. The second-order valence-corrected chi connectivity index (χ2v) is 10.6. The maximum absolute atomic E-state index is 13.8. The number of nitrogens with zero attached hydrogens (tertiary/aromatic N) is 4. The lowest BCUT2D eigenvalue weighted by molar-refractivity contribution is -0.384. The van der Waals surface area contributed by atoms with E-state index in [1.165, 1.54) is 36.4 Å². The number of nitro groups is 1. The van der Waals surface area contributed by atoms with E-state index in [9.17, 15) is 24.1 Å². The number of benzene rings is 3. The number of likely N-dealkylation sites (tertiary alicyclic amines) is 1. The largest absolute Gasteiger partial charge is 0.497 e. The van der Waals surface area contributed by atoms with E-state index in [-0.39, 0.29) is 23.5 Å². The average Bonchev–Trinajstić information content (AvgIpc) is 3.47. The fourth-order valence-electron chi connectivity index (χ4n) is 5.67. The third-order valence-corrected chi connectivity index (χ3v) is 7.91. The van der Waals surface area contributed by atoms with E-state index in [4.69, 9.17) is 4.74 Å². The van der Waals surface area contributed by atoms with Crippen molar-refractivity contribution in [3.63, 3.8) is 0 Å². The lowest BCUT2D eigenvalue weighted by atomic mass is 10.1. The topological polar surface area (TPSA) is 108 Å². The number of ether oxygens (including phenoxy) is 1. The first kappa shape index (κ1) is 29.2. The molecule has 3 aromatic carbocycles. The minimum Gasteiger partial charge on any atom is -0.497 e. The van der Waals surface area contributed by atoms with Crippen molar-refractivity contribution in [2.45, 2.75) is 31.6 Å². The number of carbonyl (C=O) groups is 2. The summed E-state index contributed by atoms with van der Waals surface area (Å²) in [5.41, 5.74) is 2.20. The van der Waals surface area contributed by atoms with Crippen molar-refractivity contribution < 1.29 is 23.6 Å².